The van der Waals surface area contributed by atoms with E-state index in [-0.39, 0.29) is 5.78 Å². The van der Waals surface area contributed by atoms with Crippen molar-refractivity contribution in [1.29, 1.82) is 0 Å². The van der Waals surface area contributed by atoms with Crippen molar-refractivity contribution in [2.24, 2.45) is 0 Å². The van der Waals surface area contributed by atoms with E-state index in [0.29, 0.717) is 6.54 Å². The Kier molecular flexibility index (Phi) is 5.37. The maximum absolute atomic E-state index is 12.6. The van der Waals surface area contributed by atoms with Crippen LogP contribution in [-0.2, 0) is 13.0 Å². The monoisotopic (exact) mass is 318 g/mol. The van der Waals surface area contributed by atoms with Gasteiger partial charge in [0.15, 0.2) is 6.20 Å². The van der Waals surface area contributed by atoms with E-state index in [4.69, 9.17) is 0 Å². The molecule has 1 aromatic heterocycles. The van der Waals surface area contributed by atoms with E-state index >= 15 is 0 Å². The summed E-state index contributed by atoms with van der Waals surface area (Å²) in [5.41, 5.74) is 3.19. The Balaban J connectivity index is 1.72. The maximum Gasteiger partial charge on any atom is 0.227 e. The number of Topliss-reactive ketones (excluding diaryl/α,β-unsaturated/α-hetero) is 1. The molecule has 0 bridgehead atoms. The molecule has 0 spiro atoms. The number of nitrogens with zero attached hydrogens (tertiary/aromatic N) is 1. The lowest BCUT2D eigenvalue weighted by Gasteiger charge is -2.04. The van der Waals surface area contributed by atoms with Crippen molar-refractivity contribution >= 4 is 16.7 Å². The number of rotatable bonds is 7. The number of carbonyl (C=O) groups excluding carboxylic acids is 1. The lowest BCUT2D eigenvalue weighted by atomic mass is 10.0. The summed E-state index contributed by atoms with van der Waals surface area (Å²) in [4.78, 5) is 12.6. The summed E-state index contributed by atoms with van der Waals surface area (Å²) >= 11 is 0. The average molecular weight is 318 g/mol. The van der Waals surface area contributed by atoms with Crippen LogP contribution in [0.15, 0.2) is 66.9 Å². The molecule has 0 radical (unpaired) electrons. The fraction of sp³-hybridized carbons (Fsp3) is 0.273. The molecular weight excluding hydrogens is 294 g/mol. The van der Waals surface area contributed by atoms with Crippen LogP contribution >= 0.6 is 0 Å². The number of pyridine rings is 1. The molecule has 2 aromatic carbocycles. The number of unbranched alkanes of at least 4 members (excludes halogenated alkanes) is 2. The van der Waals surface area contributed by atoms with Crippen LogP contribution in [0.1, 0.15) is 42.1 Å². The predicted molar refractivity (Wildman–Crippen MR) is 98.1 cm³/mol. The van der Waals surface area contributed by atoms with Crippen LogP contribution < -0.4 is 4.57 Å². The topological polar surface area (TPSA) is 20.9 Å². The zero-order valence-electron chi connectivity index (χ0n) is 14.2. The van der Waals surface area contributed by atoms with Gasteiger partial charge in [0, 0.05) is 23.1 Å². The highest BCUT2D eigenvalue weighted by atomic mass is 16.1. The first-order chi connectivity index (χ1) is 11.8. The standard InChI is InChI=1S/C22H24NO/c1-2-3-4-8-18-12-14-20(15-13-18)22(24)17-23-16-7-10-19-9-5-6-11-21(19)23/h5-7,9-16H,2-4,8,17H2,1H3/q+1. The zero-order chi connectivity index (χ0) is 16.8. The minimum absolute atomic E-state index is 0.150. The van der Waals surface area contributed by atoms with Crippen LogP contribution in [0.5, 0.6) is 0 Å². The maximum atomic E-state index is 12.6. The second-order valence-electron chi connectivity index (χ2n) is 6.27. The zero-order valence-corrected chi connectivity index (χ0v) is 14.2. The molecule has 0 atom stereocenters. The van der Waals surface area contributed by atoms with E-state index in [1.54, 1.807) is 0 Å². The van der Waals surface area contributed by atoms with Gasteiger partial charge in [0.1, 0.15) is 0 Å². The van der Waals surface area contributed by atoms with E-state index in [1.165, 1.54) is 24.8 Å². The third kappa shape index (κ3) is 3.88. The van der Waals surface area contributed by atoms with Gasteiger partial charge < -0.3 is 0 Å². The molecule has 0 saturated heterocycles. The second-order valence-corrected chi connectivity index (χ2v) is 6.27. The summed E-state index contributed by atoms with van der Waals surface area (Å²) < 4.78 is 2.02. The van der Waals surface area contributed by atoms with Gasteiger partial charge in [-0.15, -0.1) is 0 Å². The number of para-hydroxylation sites is 1. The van der Waals surface area contributed by atoms with Gasteiger partial charge in [0.25, 0.3) is 0 Å². The molecule has 0 aliphatic heterocycles. The smallest absolute Gasteiger partial charge is 0.227 e. The normalized spacial score (nSPS) is 10.9. The predicted octanol–water partition coefficient (Wildman–Crippen LogP) is 4.74. The Hall–Kier alpha value is -2.48. The summed E-state index contributed by atoms with van der Waals surface area (Å²) in [5, 5.41) is 1.15. The Bertz CT molecular complexity index is 816. The molecule has 0 amide bonds. The second kappa shape index (κ2) is 7.87. The van der Waals surface area contributed by atoms with Crippen LogP contribution in [0.2, 0.25) is 0 Å². The minimum Gasteiger partial charge on any atom is -0.287 e. The third-order valence-electron chi connectivity index (χ3n) is 4.45. The lowest BCUT2D eigenvalue weighted by molar-refractivity contribution is -0.657. The number of aromatic nitrogens is 1. The van der Waals surface area contributed by atoms with Crippen LogP contribution in [0.25, 0.3) is 10.9 Å². The van der Waals surface area contributed by atoms with Crippen LogP contribution in [0, 0.1) is 0 Å². The lowest BCUT2D eigenvalue weighted by Crippen LogP contribution is -2.38. The highest BCUT2D eigenvalue weighted by Gasteiger charge is 2.14. The molecule has 3 rings (SSSR count). The Morgan fingerprint density at radius 1 is 0.917 bits per heavy atom. The van der Waals surface area contributed by atoms with E-state index in [1.807, 2.05) is 41.1 Å². The minimum atomic E-state index is 0.150. The van der Waals surface area contributed by atoms with Crippen molar-refractivity contribution in [3.63, 3.8) is 0 Å². The first-order valence-corrected chi connectivity index (χ1v) is 8.77. The van der Waals surface area contributed by atoms with Crippen LogP contribution in [0.4, 0.5) is 0 Å². The van der Waals surface area contributed by atoms with Gasteiger partial charge in [-0.3, -0.25) is 4.79 Å². The molecule has 3 aromatic rings. The number of ketones is 1. The molecule has 0 saturated carbocycles. The molecule has 0 aliphatic carbocycles. The van der Waals surface area contributed by atoms with Gasteiger partial charge in [-0.1, -0.05) is 56.2 Å². The molecule has 0 aliphatic rings. The highest BCUT2D eigenvalue weighted by molar-refractivity contribution is 5.95. The van der Waals surface area contributed by atoms with Crippen molar-refractivity contribution in [2.45, 2.75) is 39.2 Å². The Morgan fingerprint density at radius 3 is 2.46 bits per heavy atom. The SMILES string of the molecule is CCCCCc1ccc(C(=O)C[n+]2cccc3ccccc32)cc1. The summed E-state index contributed by atoms with van der Waals surface area (Å²) in [6.07, 6.45) is 6.78. The largest absolute Gasteiger partial charge is 0.287 e. The third-order valence-corrected chi connectivity index (χ3v) is 4.45. The van der Waals surface area contributed by atoms with E-state index in [2.05, 4.69) is 37.3 Å². The van der Waals surface area contributed by atoms with Crippen LogP contribution in [0.3, 0.4) is 0 Å². The van der Waals surface area contributed by atoms with Crippen molar-refractivity contribution in [3.8, 4) is 0 Å². The van der Waals surface area contributed by atoms with Gasteiger partial charge in [0.2, 0.25) is 17.8 Å². The number of fused-ring (bicyclic) bond motifs is 1. The Labute approximate surface area is 143 Å². The van der Waals surface area contributed by atoms with E-state index in [0.717, 1.165) is 22.9 Å². The van der Waals surface area contributed by atoms with Crippen molar-refractivity contribution in [3.05, 3.63) is 78.0 Å². The number of hydrogen-bond acceptors (Lipinski definition) is 1. The fourth-order valence-corrected chi connectivity index (χ4v) is 3.04. The molecule has 0 N–H and O–H groups in total. The van der Waals surface area contributed by atoms with Gasteiger partial charge in [-0.05, 0) is 30.5 Å². The molecular formula is C22H24NO+. The molecule has 2 nitrogen and oxygen atoms in total. The number of aryl methyl sites for hydroxylation is 1. The van der Waals surface area contributed by atoms with Crippen molar-refractivity contribution < 1.29 is 9.36 Å². The van der Waals surface area contributed by atoms with Crippen molar-refractivity contribution in [1.82, 2.24) is 0 Å². The summed E-state index contributed by atoms with van der Waals surface area (Å²) in [5.74, 6) is 0.150. The van der Waals surface area contributed by atoms with Gasteiger partial charge in [0.05, 0.1) is 0 Å². The number of carbonyl (C=O) groups is 1. The van der Waals surface area contributed by atoms with E-state index in [9.17, 15) is 4.79 Å². The van der Waals surface area contributed by atoms with Gasteiger partial charge in [-0.2, -0.15) is 4.57 Å². The first-order valence-electron chi connectivity index (χ1n) is 8.77. The molecule has 2 heteroatoms. The quantitative estimate of drug-likeness (QED) is 0.350. The van der Waals surface area contributed by atoms with E-state index < -0.39 is 0 Å². The summed E-state index contributed by atoms with van der Waals surface area (Å²) in [7, 11) is 0. The average Bonchev–Trinajstić information content (AvgIpc) is 2.63. The Morgan fingerprint density at radius 2 is 1.67 bits per heavy atom. The highest BCUT2D eigenvalue weighted by Crippen LogP contribution is 2.11. The van der Waals surface area contributed by atoms with Gasteiger partial charge in [-0.25, -0.2) is 0 Å². The summed E-state index contributed by atoms with van der Waals surface area (Å²) in [6, 6.07) is 20.3. The number of benzene rings is 2. The van der Waals surface area contributed by atoms with Crippen molar-refractivity contribution in [2.75, 3.05) is 0 Å². The van der Waals surface area contributed by atoms with Crippen LogP contribution in [-0.4, -0.2) is 5.78 Å². The number of hydrogen-bond donors (Lipinski definition) is 0. The molecule has 122 valence electrons. The first kappa shape index (κ1) is 16.4. The fourth-order valence-electron chi connectivity index (χ4n) is 3.04. The molecule has 1 heterocycles. The van der Waals surface area contributed by atoms with Gasteiger partial charge >= 0.3 is 0 Å². The summed E-state index contributed by atoms with van der Waals surface area (Å²) in [6.45, 7) is 2.59. The molecule has 0 fully saturated rings. The molecule has 24 heavy (non-hydrogen) atoms. The molecule has 0 unspecified atom stereocenters.